The summed E-state index contributed by atoms with van der Waals surface area (Å²) >= 11 is 0. The monoisotopic (exact) mass is 418 g/mol. The average molecular weight is 418 g/mol. The van der Waals surface area contributed by atoms with Gasteiger partial charge in [-0.2, -0.15) is 0 Å². The number of unbranched alkanes of at least 4 members (excludes halogenated alkanes) is 19. The van der Waals surface area contributed by atoms with Gasteiger partial charge in [0.1, 0.15) is 0 Å². The van der Waals surface area contributed by atoms with E-state index in [9.17, 15) is 14.4 Å². The molecule has 4 nitrogen and oxygen atoms in total. The van der Waals surface area contributed by atoms with Crippen LogP contribution < -0.4 is 47.5 Å². The van der Waals surface area contributed by atoms with Crippen molar-refractivity contribution in [3.63, 3.8) is 0 Å². The fraction of sp³-hybridized carbons (Fsp3) is 1.00. The van der Waals surface area contributed by atoms with Gasteiger partial charge in [-0.25, -0.2) is 0 Å². The van der Waals surface area contributed by atoms with Gasteiger partial charge in [-0.15, -0.1) is 0 Å². The third kappa shape index (κ3) is 34.1. The second-order valence-corrected chi connectivity index (χ2v) is 9.15. The summed E-state index contributed by atoms with van der Waals surface area (Å²) in [7, 11) is -4.76. The largest absolute Gasteiger partial charge is 1.00 e. The maximum atomic E-state index is 10.3. The van der Waals surface area contributed by atoms with Crippen molar-refractivity contribution >= 4 is 7.82 Å². The Hall–Kier alpha value is 1.30. The zero-order chi connectivity index (χ0) is 20.1. The molecule has 0 rings (SSSR count). The van der Waals surface area contributed by atoms with Crippen LogP contribution in [-0.4, -0.2) is 6.61 Å². The first-order valence-electron chi connectivity index (χ1n) is 11.7. The number of phosphoric ester groups is 1. The molecule has 0 unspecified atom stereocenters. The van der Waals surface area contributed by atoms with Crippen molar-refractivity contribution in [1.29, 1.82) is 0 Å². The molecule has 0 atom stereocenters. The topological polar surface area (TPSA) is 72.4 Å². The smallest absolute Gasteiger partial charge is 0.790 e. The maximum absolute atomic E-state index is 10.3. The normalized spacial score (nSPS) is 11.1. The molecule has 7 heteroatoms. The second kappa shape index (κ2) is 27.3. The van der Waals surface area contributed by atoms with Crippen molar-refractivity contribution in [2.45, 2.75) is 135 Å². The van der Waals surface area contributed by atoms with Gasteiger partial charge in [0, 0.05) is 0 Å². The second-order valence-electron chi connectivity index (χ2n) is 8.00. The van der Waals surface area contributed by atoms with E-state index in [2.05, 4.69) is 11.4 Å². The molecule has 0 aromatic rings. The molecule has 0 spiro atoms. The van der Waals surface area contributed by atoms with E-state index in [1.807, 2.05) is 0 Å². The van der Waals surface area contributed by atoms with E-state index >= 15 is 0 Å². The van der Waals surface area contributed by atoms with Crippen LogP contribution in [-0.2, 0) is 9.09 Å². The van der Waals surface area contributed by atoms with E-state index in [0.29, 0.717) is 6.42 Å². The van der Waals surface area contributed by atoms with Gasteiger partial charge in [0.25, 0.3) is 0 Å². The van der Waals surface area contributed by atoms with Crippen molar-refractivity contribution in [3.05, 3.63) is 0 Å². The van der Waals surface area contributed by atoms with Crippen molar-refractivity contribution < 1.29 is 56.6 Å². The van der Waals surface area contributed by atoms with Crippen molar-refractivity contribution in [1.82, 2.24) is 0 Å². The molecule has 0 N–H and O–H groups in total. The summed E-state index contributed by atoms with van der Waals surface area (Å²) < 4.78 is 14.5. The molecule has 0 aliphatic carbocycles. The third-order valence-corrected chi connectivity index (χ3v) is 5.75. The minimum atomic E-state index is -4.76. The van der Waals surface area contributed by atoms with Gasteiger partial charge in [0.2, 0.25) is 0 Å². The van der Waals surface area contributed by atoms with E-state index in [-0.39, 0.29) is 44.3 Å². The quantitative estimate of drug-likeness (QED) is 0.147. The van der Waals surface area contributed by atoms with Gasteiger partial charge in [-0.1, -0.05) is 129 Å². The maximum Gasteiger partial charge on any atom is 1.00 e. The summed E-state index contributed by atoms with van der Waals surface area (Å²) in [5.41, 5.74) is 0. The Morgan fingerprint density at radius 2 is 0.759 bits per heavy atom. The molecule has 0 aromatic heterocycles. The zero-order valence-corrected chi connectivity index (χ0v) is 20.8. The molecule has 0 aliphatic heterocycles. The molecule has 0 saturated heterocycles. The molecular weight excluding hydrogens is 373 g/mol. The van der Waals surface area contributed by atoms with Gasteiger partial charge >= 0.3 is 37.7 Å². The number of hydrogen-bond acceptors (Lipinski definition) is 4. The van der Waals surface area contributed by atoms with Crippen LogP contribution in [0.2, 0.25) is 0 Å². The fourth-order valence-corrected chi connectivity index (χ4v) is 3.89. The molecule has 0 radical (unpaired) electrons. The summed E-state index contributed by atoms with van der Waals surface area (Å²) in [5.74, 6) is 0. The van der Waals surface area contributed by atoms with Crippen LogP contribution >= 0.6 is 7.82 Å². The first-order chi connectivity index (χ1) is 13.1. The molecular formula is C22H45Li2O4P. The molecule has 0 saturated carbocycles. The Labute approximate surface area is 205 Å². The van der Waals surface area contributed by atoms with Gasteiger partial charge < -0.3 is 18.9 Å². The summed E-state index contributed by atoms with van der Waals surface area (Å²) in [6.07, 6.45) is 26.2. The molecule has 29 heavy (non-hydrogen) atoms. The van der Waals surface area contributed by atoms with Crippen molar-refractivity contribution in [2.24, 2.45) is 0 Å². The third-order valence-electron chi connectivity index (χ3n) is 5.25. The van der Waals surface area contributed by atoms with Crippen LogP contribution in [0.4, 0.5) is 0 Å². The van der Waals surface area contributed by atoms with E-state index in [1.165, 1.54) is 109 Å². The van der Waals surface area contributed by atoms with Crippen LogP contribution in [0.3, 0.4) is 0 Å². The number of rotatable bonds is 22. The molecule has 164 valence electrons. The Bertz CT molecular complexity index is 341. The molecule has 0 amide bonds. The average Bonchev–Trinajstić information content (AvgIpc) is 2.62. The van der Waals surface area contributed by atoms with Gasteiger partial charge in [0.15, 0.2) is 0 Å². The molecule has 0 aliphatic rings. The first-order valence-corrected chi connectivity index (χ1v) is 13.2. The first kappa shape index (κ1) is 34.9. The fourth-order valence-electron chi connectivity index (χ4n) is 3.53. The van der Waals surface area contributed by atoms with Crippen LogP contribution in [0.5, 0.6) is 0 Å². The van der Waals surface area contributed by atoms with E-state index in [0.717, 1.165) is 12.8 Å². The van der Waals surface area contributed by atoms with Crippen LogP contribution in [0.25, 0.3) is 0 Å². The molecule has 0 fully saturated rings. The summed E-state index contributed by atoms with van der Waals surface area (Å²) in [4.78, 5) is 20.6. The Balaban J connectivity index is -0.00000338. The summed E-state index contributed by atoms with van der Waals surface area (Å²) in [5, 5.41) is 0. The van der Waals surface area contributed by atoms with E-state index in [1.54, 1.807) is 0 Å². The molecule has 0 bridgehead atoms. The van der Waals surface area contributed by atoms with Crippen LogP contribution in [0.15, 0.2) is 0 Å². The number of hydrogen-bond donors (Lipinski definition) is 0. The van der Waals surface area contributed by atoms with Crippen LogP contribution in [0.1, 0.15) is 135 Å². The van der Waals surface area contributed by atoms with Gasteiger partial charge in [-0.3, -0.25) is 0 Å². The Morgan fingerprint density at radius 3 is 1.00 bits per heavy atom. The summed E-state index contributed by atoms with van der Waals surface area (Å²) in [6, 6.07) is 0. The van der Waals surface area contributed by atoms with Crippen molar-refractivity contribution in [3.8, 4) is 0 Å². The predicted molar refractivity (Wildman–Crippen MR) is 112 cm³/mol. The van der Waals surface area contributed by atoms with E-state index in [4.69, 9.17) is 0 Å². The van der Waals surface area contributed by atoms with Gasteiger partial charge in [-0.05, 0) is 6.42 Å². The molecule has 0 aromatic carbocycles. The SMILES string of the molecule is CCCCCCCCCCCCCCCCCCCCCCOP(=O)([O-])[O-].[Li+].[Li+]. The van der Waals surface area contributed by atoms with Crippen LogP contribution in [0, 0.1) is 0 Å². The minimum absolute atomic E-state index is 0. The minimum Gasteiger partial charge on any atom is -0.790 e. The standard InChI is InChI=1S/C22H47O4P.2Li/c1-2-3-4-5-6-7-8-9-10-11-12-13-14-15-16-17-18-19-20-21-22-26-27(23,24)25;;/h2-22H2,1H3,(H2,23,24,25);;/q;2*+1/p-2. The zero-order valence-electron chi connectivity index (χ0n) is 19.9. The Morgan fingerprint density at radius 1 is 0.517 bits per heavy atom. The predicted octanol–water partition coefficient (Wildman–Crippen LogP) is 0.662. The Kier molecular flexibility index (Phi) is 32.9. The molecule has 0 heterocycles. The number of phosphoric acid groups is 1. The summed E-state index contributed by atoms with van der Waals surface area (Å²) in [6.45, 7) is 2.32. The van der Waals surface area contributed by atoms with Gasteiger partial charge in [0.05, 0.1) is 14.4 Å². The van der Waals surface area contributed by atoms with E-state index < -0.39 is 7.82 Å². The van der Waals surface area contributed by atoms with Crippen molar-refractivity contribution in [2.75, 3.05) is 6.61 Å².